The number of nitrogens with zero attached hydrogens (tertiary/aromatic N) is 3. The van der Waals surface area contributed by atoms with E-state index in [-0.39, 0.29) is 17.5 Å². The maximum atomic E-state index is 7.14. The van der Waals surface area contributed by atoms with Crippen molar-refractivity contribution in [3.05, 3.63) is 192 Å². The summed E-state index contributed by atoms with van der Waals surface area (Å²) in [5, 5.41) is 2.37. The maximum Gasteiger partial charge on any atom is 0.252 e. The predicted octanol–water partition coefficient (Wildman–Crippen LogP) is 16.7. The van der Waals surface area contributed by atoms with E-state index in [1.165, 1.54) is 90.6 Å². The van der Waals surface area contributed by atoms with Crippen molar-refractivity contribution in [1.29, 1.82) is 0 Å². The van der Waals surface area contributed by atoms with Crippen molar-refractivity contribution in [3.8, 4) is 0 Å². The fraction of sp³-hybridized carbons (Fsp3) is 0.262. The van der Waals surface area contributed by atoms with Crippen LogP contribution in [0.4, 0.5) is 51.2 Å². The molecule has 0 bridgehead atoms. The third-order valence-corrected chi connectivity index (χ3v) is 14.9. The Kier molecular flexibility index (Phi) is 11.5. The van der Waals surface area contributed by atoms with Crippen molar-refractivity contribution < 1.29 is 4.42 Å². The SMILES string of the molecule is CCCCc1ccc(N2c3cc(N(c4ccccc4)c4ccccc4)ccc3B3c4cc(C(C)(C)C)ccc4N(c4cc(CCCC)cc5c4oc4ccc(C(C)(C)C)cc45)c4cc(C)cc2c43)cc1. The van der Waals surface area contributed by atoms with Crippen molar-refractivity contribution in [2.45, 2.75) is 112 Å². The van der Waals surface area contributed by atoms with Crippen LogP contribution in [0, 0.1) is 6.92 Å². The Bertz CT molecular complexity index is 3350. The van der Waals surface area contributed by atoms with Gasteiger partial charge in [0, 0.05) is 56.3 Å². The van der Waals surface area contributed by atoms with Crippen LogP contribution in [0.5, 0.6) is 0 Å². The molecule has 3 heterocycles. The molecule has 350 valence electrons. The van der Waals surface area contributed by atoms with E-state index in [1.54, 1.807) is 0 Å². The van der Waals surface area contributed by atoms with Gasteiger partial charge in [-0.2, -0.15) is 0 Å². The van der Waals surface area contributed by atoms with E-state index in [0.29, 0.717) is 0 Å². The average Bonchev–Trinajstić information content (AvgIpc) is 3.73. The fourth-order valence-corrected chi connectivity index (χ4v) is 11.1. The van der Waals surface area contributed by atoms with Gasteiger partial charge in [-0.05, 0) is 179 Å². The second-order valence-electron chi connectivity index (χ2n) is 22.0. The van der Waals surface area contributed by atoms with E-state index in [9.17, 15) is 0 Å². The van der Waals surface area contributed by atoms with Crippen LogP contribution in [0.2, 0.25) is 0 Å². The summed E-state index contributed by atoms with van der Waals surface area (Å²) in [5.74, 6) is 0. The second-order valence-corrected chi connectivity index (χ2v) is 22.0. The van der Waals surface area contributed by atoms with Crippen LogP contribution in [-0.4, -0.2) is 6.71 Å². The van der Waals surface area contributed by atoms with E-state index in [0.717, 1.165) is 65.3 Å². The van der Waals surface area contributed by atoms with Crippen molar-refractivity contribution in [2.24, 2.45) is 0 Å². The summed E-state index contributed by atoms with van der Waals surface area (Å²) in [7, 11) is 0. The smallest absolute Gasteiger partial charge is 0.252 e. The van der Waals surface area contributed by atoms with E-state index < -0.39 is 0 Å². The zero-order valence-electron chi connectivity index (χ0n) is 42.7. The number of hydrogen-bond acceptors (Lipinski definition) is 4. The van der Waals surface area contributed by atoms with Crippen LogP contribution in [0.15, 0.2) is 168 Å². The molecule has 0 saturated heterocycles. The number of hydrogen-bond donors (Lipinski definition) is 0. The first-order valence-electron chi connectivity index (χ1n) is 25.8. The summed E-state index contributed by atoms with van der Waals surface area (Å²) in [6.45, 7) is 20.7. The Morgan fingerprint density at radius 3 is 1.74 bits per heavy atom. The minimum atomic E-state index is -0.0636. The first-order valence-corrected chi connectivity index (χ1v) is 25.8. The molecular formula is C65H66BN3O. The van der Waals surface area contributed by atoms with Gasteiger partial charge in [0.15, 0.2) is 5.58 Å². The monoisotopic (exact) mass is 916 g/mol. The Balaban J connectivity index is 1.21. The van der Waals surface area contributed by atoms with Gasteiger partial charge in [-0.15, -0.1) is 0 Å². The molecule has 0 fully saturated rings. The number of benzene rings is 8. The number of rotatable bonds is 11. The van der Waals surface area contributed by atoms with Crippen LogP contribution in [-0.2, 0) is 23.7 Å². The molecule has 0 radical (unpaired) electrons. The molecule has 0 N–H and O–H groups in total. The lowest BCUT2D eigenvalue weighted by molar-refractivity contribution is 0.590. The number of furan rings is 1. The van der Waals surface area contributed by atoms with Crippen LogP contribution in [0.25, 0.3) is 21.9 Å². The predicted molar refractivity (Wildman–Crippen MR) is 302 cm³/mol. The molecule has 0 unspecified atom stereocenters. The molecule has 70 heavy (non-hydrogen) atoms. The van der Waals surface area contributed by atoms with E-state index >= 15 is 0 Å². The molecule has 8 aromatic carbocycles. The molecular weight excluding hydrogens is 850 g/mol. The largest absolute Gasteiger partial charge is 0.454 e. The van der Waals surface area contributed by atoms with Gasteiger partial charge in [-0.3, -0.25) is 0 Å². The Morgan fingerprint density at radius 2 is 1.10 bits per heavy atom. The highest BCUT2D eigenvalue weighted by Crippen LogP contribution is 2.49. The number of unbranched alkanes of at least 4 members (excludes halogenated alkanes) is 2. The second kappa shape index (κ2) is 17.8. The molecule has 0 atom stereocenters. The van der Waals surface area contributed by atoms with Gasteiger partial charge in [-0.25, -0.2) is 0 Å². The Labute approximate surface area is 416 Å². The van der Waals surface area contributed by atoms with Crippen LogP contribution >= 0.6 is 0 Å². The number of anilines is 9. The highest BCUT2D eigenvalue weighted by molar-refractivity contribution is 7.00. The number of fused-ring (bicyclic) bond motifs is 7. The summed E-state index contributed by atoms with van der Waals surface area (Å²) in [6.07, 6.45) is 6.69. The lowest BCUT2D eigenvalue weighted by Gasteiger charge is -2.45. The molecule has 1 aromatic heterocycles. The van der Waals surface area contributed by atoms with E-state index in [2.05, 4.69) is 241 Å². The molecule has 2 aliphatic heterocycles. The minimum Gasteiger partial charge on any atom is -0.454 e. The van der Waals surface area contributed by atoms with Gasteiger partial charge in [0.2, 0.25) is 0 Å². The maximum absolute atomic E-state index is 7.14. The Morgan fingerprint density at radius 1 is 0.486 bits per heavy atom. The summed E-state index contributed by atoms with van der Waals surface area (Å²) in [6, 6.07) is 62.1. The van der Waals surface area contributed by atoms with Gasteiger partial charge < -0.3 is 19.1 Å². The molecule has 2 aliphatic rings. The van der Waals surface area contributed by atoms with Crippen molar-refractivity contribution in [2.75, 3.05) is 14.7 Å². The molecule has 0 amide bonds. The van der Waals surface area contributed by atoms with Crippen molar-refractivity contribution in [3.63, 3.8) is 0 Å². The van der Waals surface area contributed by atoms with Gasteiger partial charge in [0.25, 0.3) is 6.71 Å². The normalized spacial score (nSPS) is 13.2. The molecule has 4 nitrogen and oxygen atoms in total. The molecule has 0 saturated carbocycles. The minimum absolute atomic E-state index is 0.00673. The lowest BCUT2D eigenvalue weighted by atomic mass is 9.33. The third-order valence-electron chi connectivity index (χ3n) is 14.9. The quantitative estimate of drug-likeness (QED) is 0.121. The standard InChI is InChI=1S/C65H66BN3O/c1-10-12-20-44-26-30-50(31-27-44)68-57-42-51(67(48-22-16-14-17-23-48)49-24-18-15-19-25-49)32-33-54(57)66-55-41-47(65(7,8)9)28-34-56(55)69(59-37-43(3)36-58(68)62(59)66)60-39-45(21-13-11-2)38-53-52-40-46(64(4,5)6)29-35-61(52)70-63(53)60/h14-19,22-42H,10-13,20-21H2,1-9H3. The van der Waals surface area contributed by atoms with Crippen LogP contribution in [0.1, 0.15) is 109 Å². The van der Waals surface area contributed by atoms with E-state index in [1.807, 2.05) is 0 Å². The Hall–Kier alpha value is -6.98. The summed E-state index contributed by atoms with van der Waals surface area (Å²) < 4.78 is 7.14. The van der Waals surface area contributed by atoms with Crippen molar-refractivity contribution in [1.82, 2.24) is 0 Å². The topological polar surface area (TPSA) is 22.9 Å². The zero-order chi connectivity index (χ0) is 48.5. The number of aryl methyl sites for hydroxylation is 3. The van der Waals surface area contributed by atoms with E-state index in [4.69, 9.17) is 4.42 Å². The first kappa shape index (κ1) is 45.5. The average molecular weight is 916 g/mol. The zero-order valence-corrected chi connectivity index (χ0v) is 42.7. The summed E-state index contributed by atoms with van der Waals surface area (Å²) in [5.41, 5.74) is 22.7. The molecule has 0 spiro atoms. The van der Waals surface area contributed by atoms with Gasteiger partial charge >= 0.3 is 0 Å². The highest BCUT2D eigenvalue weighted by atomic mass is 16.3. The summed E-state index contributed by atoms with van der Waals surface area (Å²) in [4.78, 5) is 7.54. The molecule has 11 rings (SSSR count). The highest BCUT2D eigenvalue weighted by Gasteiger charge is 2.45. The molecule has 0 aliphatic carbocycles. The summed E-state index contributed by atoms with van der Waals surface area (Å²) >= 11 is 0. The first-order chi connectivity index (χ1) is 33.8. The van der Waals surface area contributed by atoms with Gasteiger partial charge in [0.05, 0.1) is 5.69 Å². The molecule has 5 heteroatoms. The van der Waals surface area contributed by atoms with Crippen LogP contribution in [0.3, 0.4) is 0 Å². The van der Waals surface area contributed by atoms with Gasteiger partial charge in [0.1, 0.15) is 5.58 Å². The fourth-order valence-electron chi connectivity index (χ4n) is 11.1. The lowest BCUT2D eigenvalue weighted by Crippen LogP contribution is -2.61. The number of para-hydroxylation sites is 2. The third kappa shape index (κ3) is 7.98. The van der Waals surface area contributed by atoms with Crippen molar-refractivity contribution >= 4 is 96.2 Å². The van der Waals surface area contributed by atoms with Crippen LogP contribution < -0.4 is 31.1 Å². The van der Waals surface area contributed by atoms with Gasteiger partial charge in [-0.1, -0.05) is 141 Å². The molecule has 9 aromatic rings.